The van der Waals surface area contributed by atoms with Crippen molar-refractivity contribution in [1.82, 2.24) is 9.88 Å². The maximum atomic E-state index is 12.1. The first-order chi connectivity index (χ1) is 14.0. The molecule has 2 aromatic carbocycles. The van der Waals surface area contributed by atoms with Crippen LogP contribution in [0.2, 0.25) is 5.02 Å². The van der Waals surface area contributed by atoms with Gasteiger partial charge < -0.3 is 9.64 Å². The van der Waals surface area contributed by atoms with Crippen LogP contribution in [0.15, 0.2) is 54.7 Å². The smallest absolute Gasteiger partial charge is 0.225 e. The summed E-state index contributed by atoms with van der Waals surface area (Å²) in [5.41, 5.74) is 2.89. The third kappa shape index (κ3) is 4.38. The summed E-state index contributed by atoms with van der Waals surface area (Å²) < 4.78 is 6.15. The number of rotatable bonds is 4. The number of piperidine rings is 1. The van der Waals surface area contributed by atoms with Crippen LogP contribution in [0.3, 0.4) is 0 Å². The Bertz CT molecular complexity index is 1030. The van der Waals surface area contributed by atoms with Crippen molar-refractivity contribution in [3.8, 4) is 16.9 Å². The van der Waals surface area contributed by atoms with Crippen molar-refractivity contribution in [1.29, 1.82) is 0 Å². The minimum Gasteiger partial charge on any atom is -0.490 e. The predicted octanol–water partition coefficient (Wildman–Crippen LogP) is 5.58. The second-order valence-corrected chi connectivity index (χ2v) is 8.26. The second-order valence-electron chi connectivity index (χ2n) is 7.86. The maximum Gasteiger partial charge on any atom is 0.225 e. The van der Waals surface area contributed by atoms with Crippen molar-refractivity contribution in [2.75, 3.05) is 13.1 Å². The van der Waals surface area contributed by atoms with Gasteiger partial charge in [0.15, 0.2) is 0 Å². The lowest BCUT2D eigenvalue weighted by Crippen LogP contribution is -2.43. The molecule has 1 aliphatic heterocycles. The molecule has 0 radical (unpaired) electrons. The molecule has 0 bridgehead atoms. The van der Waals surface area contributed by atoms with Crippen LogP contribution in [-0.2, 0) is 4.79 Å². The fourth-order valence-electron chi connectivity index (χ4n) is 3.77. The van der Waals surface area contributed by atoms with Crippen LogP contribution >= 0.6 is 11.6 Å². The fraction of sp³-hybridized carbons (Fsp3) is 0.333. The van der Waals surface area contributed by atoms with E-state index in [1.54, 1.807) is 0 Å². The minimum absolute atomic E-state index is 0.0448. The summed E-state index contributed by atoms with van der Waals surface area (Å²) in [7, 11) is 0. The van der Waals surface area contributed by atoms with Gasteiger partial charge in [-0.3, -0.25) is 9.78 Å². The molecule has 1 amide bonds. The Morgan fingerprint density at radius 2 is 1.90 bits per heavy atom. The number of pyridine rings is 1. The molecule has 0 atom stereocenters. The predicted molar refractivity (Wildman–Crippen MR) is 117 cm³/mol. The molecule has 1 aromatic heterocycles. The van der Waals surface area contributed by atoms with Gasteiger partial charge in [0, 0.05) is 54.6 Å². The quantitative estimate of drug-likeness (QED) is 0.565. The van der Waals surface area contributed by atoms with Gasteiger partial charge in [0.25, 0.3) is 0 Å². The zero-order valence-corrected chi connectivity index (χ0v) is 17.5. The first-order valence-electron chi connectivity index (χ1n) is 10.1. The lowest BCUT2D eigenvalue weighted by Gasteiger charge is -2.33. The average Bonchev–Trinajstić information content (AvgIpc) is 2.73. The number of para-hydroxylation sites is 1. The van der Waals surface area contributed by atoms with Gasteiger partial charge >= 0.3 is 0 Å². The van der Waals surface area contributed by atoms with E-state index < -0.39 is 0 Å². The van der Waals surface area contributed by atoms with Gasteiger partial charge in [0.1, 0.15) is 11.9 Å². The summed E-state index contributed by atoms with van der Waals surface area (Å²) in [6.45, 7) is 5.38. The lowest BCUT2D eigenvalue weighted by atomic mass is 10.0. The molecule has 150 valence electrons. The molecular weight excluding hydrogens is 384 g/mol. The van der Waals surface area contributed by atoms with Crippen molar-refractivity contribution < 1.29 is 9.53 Å². The third-order valence-corrected chi connectivity index (χ3v) is 5.71. The Morgan fingerprint density at radius 1 is 1.14 bits per heavy atom. The Balaban J connectivity index is 1.44. The Kier molecular flexibility index (Phi) is 5.72. The number of carbonyl (C=O) groups is 1. The molecule has 0 unspecified atom stereocenters. The van der Waals surface area contributed by atoms with Crippen LogP contribution in [0.4, 0.5) is 0 Å². The number of hydrogen-bond donors (Lipinski definition) is 0. The van der Waals surface area contributed by atoms with Gasteiger partial charge in [-0.15, -0.1) is 0 Å². The first kappa shape index (κ1) is 19.7. The number of halogens is 1. The first-order valence-corrected chi connectivity index (χ1v) is 10.5. The van der Waals surface area contributed by atoms with E-state index in [1.807, 2.05) is 67.4 Å². The highest BCUT2D eigenvalue weighted by molar-refractivity contribution is 6.33. The zero-order valence-electron chi connectivity index (χ0n) is 16.8. The van der Waals surface area contributed by atoms with Gasteiger partial charge in [-0.2, -0.15) is 0 Å². The van der Waals surface area contributed by atoms with E-state index in [0.29, 0.717) is 5.02 Å². The molecule has 4 nitrogen and oxygen atoms in total. The van der Waals surface area contributed by atoms with Crippen LogP contribution in [0.1, 0.15) is 26.7 Å². The van der Waals surface area contributed by atoms with E-state index in [4.69, 9.17) is 16.3 Å². The van der Waals surface area contributed by atoms with Crippen LogP contribution in [-0.4, -0.2) is 35.0 Å². The SMILES string of the molecule is CC(C)C(=O)N1CCC(Oc2ccc(-c3cnc4ccccc4c3)c(Cl)c2)CC1. The monoisotopic (exact) mass is 408 g/mol. The van der Waals surface area contributed by atoms with E-state index in [-0.39, 0.29) is 17.9 Å². The summed E-state index contributed by atoms with van der Waals surface area (Å²) in [5, 5.41) is 1.73. The van der Waals surface area contributed by atoms with Gasteiger partial charge in [-0.05, 0) is 30.3 Å². The summed E-state index contributed by atoms with van der Waals surface area (Å²) in [4.78, 5) is 18.6. The number of amides is 1. The van der Waals surface area contributed by atoms with Crippen molar-refractivity contribution in [2.24, 2.45) is 5.92 Å². The molecule has 5 heteroatoms. The molecule has 0 aliphatic carbocycles. The topological polar surface area (TPSA) is 42.4 Å². The zero-order chi connectivity index (χ0) is 20.4. The van der Waals surface area contributed by atoms with E-state index in [1.165, 1.54) is 0 Å². The van der Waals surface area contributed by atoms with Crippen molar-refractivity contribution in [3.05, 3.63) is 59.8 Å². The van der Waals surface area contributed by atoms with E-state index >= 15 is 0 Å². The van der Waals surface area contributed by atoms with Crippen molar-refractivity contribution in [3.63, 3.8) is 0 Å². The van der Waals surface area contributed by atoms with E-state index in [2.05, 4.69) is 11.1 Å². The Labute approximate surface area is 176 Å². The summed E-state index contributed by atoms with van der Waals surface area (Å²) in [6, 6.07) is 16.0. The van der Waals surface area contributed by atoms with E-state index in [9.17, 15) is 4.79 Å². The lowest BCUT2D eigenvalue weighted by molar-refractivity contribution is -0.136. The largest absolute Gasteiger partial charge is 0.490 e. The number of hydrogen-bond acceptors (Lipinski definition) is 3. The number of aromatic nitrogens is 1. The molecule has 0 saturated carbocycles. The normalized spacial score (nSPS) is 15.1. The Hall–Kier alpha value is -2.59. The van der Waals surface area contributed by atoms with Crippen LogP contribution in [0.25, 0.3) is 22.0 Å². The molecule has 29 heavy (non-hydrogen) atoms. The number of likely N-dealkylation sites (tertiary alicyclic amines) is 1. The summed E-state index contributed by atoms with van der Waals surface area (Å²) in [5.74, 6) is 1.03. The molecule has 3 aromatic rings. The molecule has 0 spiro atoms. The molecule has 1 aliphatic rings. The maximum absolute atomic E-state index is 12.1. The second kappa shape index (κ2) is 8.42. The van der Waals surface area contributed by atoms with Crippen LogP contribution in [0.5, 0.6) is 5.75 Å². The summed E-state index contributed by atoms with van der Waals surface area (Å²) >= 11 is 6.57. The van der Waals surface area contributed by atoms with Crippen molar-refractivity contribution >= 4 is 28.4 Å². The third-order valence-electron chi connectivity index (χ3n) is 5.39. The van der Waals surface area contributed by atoms with Crippen molar-refractivity contribution in [2.45, 2.75) is 32.8 Å². The van der Waals surface area contributed by atoms with Gasteiger partial charge in [0.2, 0.25) is 5.91 Å². The standard InChI is InChI=1S/C24H25ClN2O2/c1-16(2)24(28)27-11-9-19(10-12-27)29-20-7-8-21(22(25)14-20)18-13-17-5-3-4-6-23(17)26-15-18/h3-8,13-16,19H,9-12H2,1-2H3. The summed E-state index contributed by atoms with van der Waals surface area (Å²) in [6.07, 6.45) is 3.64. The van der Waals surface area contributed by atoms with Crippen LogP contribution in [0, 0.1) is 5.92 Å². The average molecular weight is 409 g/mol. The van der Waals surface area contributed by atoms with Gasteiger partial charge in [-0.1, -0.05) is 43.6 Å². The number of carbonyl (C=O) groups excluding carboxylic acids is 1. The number of ether oxygens (including phenoxy) is 1. The van der Waals surface area contributed by atoms with Gasteiger partial charge in [-0.25, -0.2) is 0 Å². The Morgan fingerprint density at radius 3 is 2.62 bits per heavy atom. The number of nitrogens with zero attached hydrogens (tertiary/aromatic N) is 2. The minimum atomic E-state index is 0.0448. The molecule has 4 rings (SSSR count). The molecule has 1 fully saturated rings. The molecular formula is C24H25ClN2O2. The fourth-order valence-corrected chi connectivity index (χ4v) is 4.05. The highest BCUT2D eigenvalue weighted by Gasteiger charge is 2.25. The number of fused-ring (bicyclic) bond motifs is 1. The van der Waals surface area contributed by atoms with Crippen LogP contribution < -0.4 is 4.74 Å². The number of benzene rings is 2. The van der Waals surface area contributed by atoms with Gasteiger partial charge in [0.05, 0.1) is 10.5 Å². The molecule has 0 N–H and O–H groups in total. The molecule has 1 saturated heterocycles. The highest BCUT2D eigenvalue weighted by atomic mass is 35.5. The molecule has 2 heterocycles. The highest BCUT2D eigenvalue weighted by Crippen LogP contribution is 2.33. The van der Waals surface area contributed by atoms with E-state index in [0.717, 1.165) is 53.7 Å².